The van der Waals surface area contributed by atoms with Crippen LogP contribution < -0.4 is 10.6 Å². The molecular formula is C11H15N3O3. The number of amides is 2. The van der Waals surface area contributed by atoms with E-state index in [0.29, 0.717) is 5.69 Å². The van der Waals surface area contributed by atoms with Gasteiger partial charge in [-0.15, -0.1) is 0 Å². The Morgan fingerprint density at radius 1 is 1.47 bits per heavy atom. The number of pyridine rings is 1. The Labute approximate surface area is 99.1 Å². The minimum atomic E-state index is -1.10. The first-order valence-electron chi connectivity index (χ1n) is 5.29. The minimum absolute atomic E-state index is 0.0575. The average molecular weight is 237 g/mol. The molecule has 17 heavy (non-hydrogen) atoms. The molecule has 92 valence electrons. The van der Waals surface area contributed by atoms with Gasteiger partial charge in [0.05, 0.1) is 11.9 Å². The highest BCUT2D eigenvalue weighted by molar-refractivity contribution is 5.90. The van der Waals surface area contributed by atoms with E-state index in [4.69, 9.17) is 5.11 Å². The van der Waals surface area contributed by atoms with Gasteiger partial charge in [0.1, 0.15) is 5.69 Å². The number of carboxylic acid groups (broad SMARTS) is 1. The van der Waals surface area contributed by atoms with Crippen molar-refractivity contribution in [2.45, 2.75) is 26.3 Å². The van der Waals surface area contributed by atoms with Crippen LogP contribution in [0.15, 0.2) is 18.3 Å². The van der Waals surface area contributed by atoms with E-state index in [1.807, 2.05) is 13.8 Å². The van der Waals surface area contributed by atoms with Crippen LogP contribution in [-0.2, 0) is 0 Å². The molecule has 0 radical (unpaired) electrons. The Balaban J connectivity index is 2.57. The van der Waals surface area contributed by atoms with Crippen molar-refractivity contribution in [1.29, 1.82) is 0 Å². The Morgan fingerprint density at radius 2 is 2.18 bits per heavy atom. The van der Waals surface area contributed by atoms with Crippen molar-refractivity contribution in [3.63, 3.8) is 0 Å². The number of nitrogens with one attached hydrogen (secondary N) is 2. The first-order chi connectivity index (χ1) is 8.02. The second kappa shape index (κ2) is 5.83. The molecule has 1 heterocycles. The summed E-state index contributed by atoms with van der Waals surface area (Å²) in [6.07, 6.45) is 2.14. The molecule has 6 nitrogen and oxygen atoms in total. The normalized spacial score (nSPS) is 11.6. The molecule has 6 heteroatoms. The van der Waals surface area contributed by atoms with Crippen LogP contribution in [0.2, 0.25) is 0 Å². The van der Waals surface area contributed by atoms with Crippen LogP contribution in [0.4, 0.5) is 10.5 Å². The van der Waals surface area contributed by atoms with Crippen LogP contribution in [-0.4, -0.2) is 28.1 Å². The molecule has 0 aliphatic carbocycles. The zero-order valence-corrected chi connectivity index (χ0v) is 9.73. The summed E-state index contributed by atoms with van der Waals surface area (Å²) in [6, 6.07) is 2.58. The van der Waals surface area contributed by atoms with Gasteiger partial charge < -0.3 is 15.7 Å². The molecule has 0 fully saturated rings. The van der Waals surface area contributed by atoms with Gasteiger partial charge in [-0.05, 0) is 25.5 Å². The van der Waals surface area contributed by atoms with Gasteiger partial charge in [0.2, 0.25) is 0 Å². The van der Waals surface area contributed by atoms with Crippen LogP contribution in [0.3, 0.4) is 0 Å². The number of carbonyl (C=O) groups is 2. The van der Waals surface area contributed by atoms with Gasteiger partial charge in [-0.2, -0.15) is 0 Å². The van der Waals surface area contributed by atoms with Crippen molar-refractivity contribution in [2.75, 3.05) is 5.32 Å². The van der Waals surface area contributed by atoms with Crippen LogP contribution in [0, 0.1) is 0 Å². The van der Waals surface area contributed by atoms with Gasteiger partial charge in [0.25, 0.3) is 0 Å². The lowest BCUT2D eigenvalue weighted by Gasteiger charge is -2.12. The largest absolute Gasteiger partial charge is 0.477 e. The number of nitrogens with zero attached hydrogens (tertiary/aromatic N) is 1. The van der Waals surface area contributed by atoms with Crippen molar-refractivity contribution in [2.24, 2.45) is 0 Å². The highest BCUT2D eigenvalue weighted by Gasteiger charge is 2.07. The third-order valence-electron chi connectivity index (χ3n) is 2.23. The van der Waals surface area contributed by atoms with Gasteiger partial charge >= 0.3 is 12.0 Å². The van der Waals surface area contributed by atoms with Crippen molar-refractivity contribution < 1.29 is 14.7 Å². The third-order valence-corrected chi connectivity index (χ3v) is 2.23. The van der Waals surface area contributed by atoms with Gasteiger partial charge in [0.15, 0.2) is 0 Å². The second-order valence-electron chi connectivity index (χ2n) is 3.65. The topological polar surface area (TPSA) is 91.3 Å². The van der Waals surface area contributed by atoms with Gasteiger partial charge in [-0.25, -0.2) is 14.6 Å². The monoisotopic (exact) mass is 237 g/mol. The molecule has 0 saturated heterocycles. The molecule has 1 unspecified atom stereocenters. The number of carboxylic acids is 1. The van der Waals surface area contributed by atoms with E-state index in [-0.39, 0.29) is 17.8 Å². The number of hydrogen-bond donors (Lipinski definition) is 3. The molecule has 0 aliphatic heterocycles. The summed E-state index contributed by atoms with van der Waals surface area (Å²) in [5.41, 5.74) is 0.397. The number of aromatic nitrogens is 1. The molecule has 1 aromatic heterocycles. The Bertz CT molecular complexity index is 403. The third kappa shape index (κ3) is 4.10. The van der Waals surface area contributed by atoms with E-state index in [0.717, 1.165) is 6.42 Å². The molecule has 3 N–H and O–H groups in total. The molecule has 0 aromatic carbocycles. The summed E-state index contributed by atoms with van der Waals surface area (Å²) in [5, 5.41) is 13.9. The fourth-order valence-corrected chi connectivity index (χ4v) is 1.09. The van der Waals surface area contributed by atoms with Crippen molar-refractivity contribution >= 4 is 17.7 Å². The van der Waals surface area contributed by atoms with Gasteiger partial charge in [-0.3, -0.25) is 0 Å². The van der Waals surface area contributed by atoms with E-state index >= 15 is 0 Å². The number of anilines is 1. The quantitative estimate of drug-likeness (QED) is 0.743. The zero-order chi connectivity index (χ0) is 12.8. The number of urea groups is 1. The number of aromatic carboxylic acids is 1. The molecule has 0 aliphatic rings. The van der Waals surface area contributed by atoms with Gasteiger partial charge in [-0.1, -0.05) is 6.92 Å². The summed E-state index contributed by atoms with van der Waals surface area (Å²) < 4.78 is 0. The standard InChI is InChI=1S/C11H15N3O3/c1-3-7(2)13-11(17)14-8-4-5-9(10(15)16)12-6-8/h4-7H,3H2,1-2H3,(H,15,16)(H2,13,14,17). The molecule has 1 rings (SSSR count). The molecule has 1 aromatic rings. The summed E-state index contributed by atoms with van der Waals surface area (Å²) in [5.74, 6) is -1.10. The van der Waals surface area contributed by atoms with E-state index in [9.17, 15) is 9.59 Å². The first-order valence-corrected chi connectivity index (χ1v) is 5.29. The van der Waals surface area contributed by atoms with E-state index < -0.39 is 5.97 Å². The summed E-state index contributed by atoms with van der Waals surface area (Å²) in [6.45, 7) is 3.86. The summed E-state index contributed by atoms with van der Waals surface area (Å²) >= 11 is 0. The fraction of sp³-hybridized carbons (Fsp3) is 0.364. The molecule has 2 amide bonds. The van der Waals surface area contributed by atoms with Crippen molar-refractivity contribution in [3.05, 3.63) is 24.0 Å². The molecule has 0 bridgehead atoms. The van der Waals surface area contributed by atoms with E-state index in [1.165, 1.54) is 18.3 Å². The lowest BCUT2D eigenvalue weighted by molar-refractivity contribution is 0.0690. The van der Waals surface area contributed by atoms with Crippen LogP contribution in [0.1, 0.15) is 30.8 Å². The Kier molecular flexibility index (Phi) is 4.45. The Morgan fingerprint density at radius 3 is 2.65 bits per heavy atom. The zero-order valence-electron chi connectivity index (χ0n) is 9.73. The maximum Gasteiger partial charge on any atom is 0.354 e. The highest BCUT2D eigenvalue weighted by atomic mass is 16.4. The molecule has 1 atom stereocenters. The van der Waals surface area contributed by atoms with Crippen molar-refractivity contribution in [3.8, 4) is 0 Å². The number of hydrogen-bond acceptors (Lipinski definition) is 3. The summed E-state index contributed by atoms with van der Waals surface area (Å²) in [7, 11) is 0. The van der Waals surface area contributed by atoms with Crippen LogP contribution in [0.5, 0.6) is 0 Å². The first kappa shape index (κ1) is 13.0. The van der Waals surface area contributed by atoms with E-state index in [1.54, 1.807) is 0 Å². The average Bonchev–Trinajstić information content (AvgIpc) is 2.29. The van der Waals surface area contributed by atoms with Crippen LogP contribution >= 0.6 is 0 Å². The fourth-order valence-electron chi connectivity index (χ4n) is 1.09. The second-order valence-corrected chi connectivity index (χ2v) is 3.65. The highest BCUT2D eigenvalue weighted by Crippen LogP contribution is 2.06. The summed E-state index contributed by atoms with van der Waals surface area (Å²) in [4.78, 5) is 25.7. The lowest BCUT2D eigenvalue weighted by atomic mass is 10.3. The SMILES string of the molecule is CCC(C)NC(=O)Nc1ccc(C(=O)O)nc1. The minimum Gasteiger partial charge on any atom is -0.477 e. The molecule has 0 spiro atoms. The molecular weight excluding hydrogens is 222 g/mol. The maximum atomic E-state index is 11.4. The maximum absolute atomic E-state index is 11.4. The predicted octanol–water partition coefficient (Wildman–Crippen LogP) is 1.70. The van der Waals surface area contributed by atoms with E-state index in [2.05, 4.69) is 15.6 Å². The number of carbonyl (C=O) groups excluding carboxylic acids is 1. The van der Waals surface area contributed by atoms with Crippen molar-refractivity contribution in [1.82, 2.24) is 10.3 Å². The van der Waals surface area contributed by atoms with Gasteiger partial charge in [0, 0.05) is 6.04 Å². The van der Waals surface area contributed by atoms with Crippen LogP contribution in [0.25, 0.3) is 0 Å². The molecule has 0 saturated carbocycles. The predicted molar refractivity (Wildman–Crippen MR) is 63.1 cm³/mol. The lowest BCUT2D eigenvalue weighted by Crippen LogP contribution is -2.35. The number of rotatable bonds is 4. The Hall–Kier alpha value is -2.11. The smallest absolute Gasteiger partial charge is 0.354 e.